The second-order valence-electron chi connectivity index (χ2n) is 5.38. The van der Waals surface area contributed by atoms with Gasteiger partial charge in [0.1, 0.15) is 0 Å². The van der Waals surface area contributed by atoms with Gasteiger partial charge in [0.2, 0.25) is 0 Å². The summed E-state index contributed by atoms with van der Waals surface area (Å²) in [5.74, 6) is -0.158. The van der Waals surface area contributed by atoms with E-state index in [0.717, 1.165) is 36.1 Å². The summed E-state index contributed by atoms with van der Waals surface area (Å²) < 4.78 is 0. The number of rotatable bonds is 2. The fourth-order valence-electron chi connectivity index (χ4n) is 2.69. The maximum atomic E-state index is 12.1. The van der Waals surface area contributed by atoms with E-state index < -0.39 is 0 Å². The van der Waals surface area contributed by atoms with Gasteiger partial charge >= 0.3 is 0 Å². The van der Waals surface area contributed by atoms with E-state index in [4.69, 9.17) is 0 Å². The lowest BCUT2D eigenvalue weighted by molar-refractivity contribution is 0.0954. The first-order chi connectivity index (χ1) is 10.2. The van der Waals surface area contributed by atoms with Crippen LogP contribution in [0.1, 0.15) is 39.9 Å². The zero-order valence-corrected chi connectivity index (χ0v) is 12.1. The molecule has 1 N–H and O–H groups in total. The highest BCUT2D eigenvalue weighted by atomic mass is 16.2. The number of carbonyl (C=O) groups is 1. The van der Waals surface area contributed by atoms with Crippen LogP contribution in [0.2, 0.25) is 0 Å². The van der Waals surface area contributed by atoms with Gasteiger partial charge in [0.05, 0.1) is 5.71 Å². The molecule has 21 heavy (non-hydrogen) atoms. The van der Waals surface area contributed by atoms with Crippen LogP contribution in [-0.2, 0) is 6.42 Å². The molecule has 0 radical (unpaired) electrons. The Kier molecular flexibility index (Phi) is 3.82. The minimum Gasteiger partial charge on any atom is -0.267 e. The molecular formula is C18H18N2O. The Morgan fingerprint density at radius 1 is 1.10 bits per heavy atom. The summed E-state index contributed by atoms with van der Waals surface area (Å²) in [7, 11) is 0. The van der Waals surface area contributed by atoms with Crippen molar-refractivity contribution in [2.45, 2.75) is 26.2 Å². The van der Waals surface area contributed by atoms with Gasteiger partial charge in [0.25, 0.3) is 5.91 Å². The molecule has 1 aliphatic carbocycles. The average molecular weight is 278 g/mol. The molecule has 0 fully saturated rings. The van der Waals surface area contributed by atoms with Crippen LogP contribution in [0.25, 0.3) is 0 Å². The highest BCUT2D eigenvalue weighted by molar-refractivity contribution is 6.04. The molecule has 0 spiro atoms. The molecule has 0 bridgehead atoms. The first kappa shape index (κ1) is 13.6. The van der Waals surface area contributed by atoms with Crippen LogP contribution in [0.15, 0.2) is 53.6 Å². The summed E-state index contributed by atoms with van der Waals surface area (Å²) in [4.78, 5) is 12.1. The van der Waals surface area contributed by atoms with Crippen molar-refractivity contribution in [3.63, 3.8) is 0 Å². The summed E-state index contributed by atoms with van der Waals surface area (Å²) in [6.07, 6.45) is 3.07. The SMILES string of the molecule is Cc1cccc(C(=O)NN=C2CCCc3ccccc32)c1. The number of nitrogens with one attached hydrogen (secondary N) is 1. The van der Waals surface area contributed by atoms with E-state index in [1.54, 1.807) is 6.07 Å². The van der Waals surface area contributed by atoms with Gasteiger partial charge in [0, 0.05) is 11.1 Å². The third-order valence-electron chi connectivity index (χ3n) is 3.76. The van der Waals surface area contributed by atoms with E-state index in [1.165, 1.54) is 5.56 Å². The number of benzene rings is 2. The summed E-state index contributed by atoms with van der Waals surface area (Å²) in [5.41, 5.74) is 7.84. The Labute approximate surface area is 124 Å². The van der Waals surface area contributed by atoms with E-state index in [0.29, 0.717) is 5.56 Å². The molecule has 3 rings (SSSR count). The smallest absolute Gasteiger partial charge is 0.267 e. The maximum Gasteiger partial charge on any atom is 0.271 e. The van der Waals surface area contributed by atoms with Crippen molar-refractivity contribution in [1.82, 2.24) is 5.43 Å². The fraction of sp³-hybridized carbons (Fsp3) is 0.222. The molecule has 0 aromatic heterocycles. The number of amides is 1. The van der Waals surface area contributed by atoms with Crippen LogP contribution in [0.4, 0.5) is 0 Å². The lowest BCUT2D eigenvalue weighted by Gasteiger charge is -2.17. The highest BCUT2D eigenvalue weighted by Gasteiger charge is 2.15. The van der Waals surface area contributed by atoms with Crippen LogP contribution in [0.5, 0.6) is 0 Å². The Bertz CT molecular complexity index is 704. The normalized spacial score (nSPS) is 15.6. The standard InChI is InChI=1S/C18H18N2O/c1-13-6-4-9-15(12-13)18(21)20-19-17-11-5-8-14-7-2-3-10-16(14)17/h2-4,6-7,9-10,12H,5,8,11H2,1H3,(H,20,21). The number of hydrazone groups is 1. The number of nitrogens with zero attached hydrogens (tertiary/aromatic N) is 1. The highest BCUT2D eigenvalue weighted by Crippen LogP contribution is 2.21. The van der Waals surface area contributed by atoms with Gasteiger partial charge in [-0.25, -0.2) is 5.43 Å². The van der Waals surface area contributed by atoms with Gasteiger partial charge in [-0.3, -0.25) is 4.79 Å². The Morgan fingerprint density at radius 2 is 1.95 bits per heavy atom. The number of hydrogen-bond acceptors (Lipinski definition) is 2. The number of hydrogen-bond donors (Lipinski definition) is 1. The Morgan fingerprint density at radius 3 is 2.81 bits per heavy atom. The number of carbonyl (C=O) groups excluding carboxylic acids is 1. The van der Waals surface area contributed by atoms with Crippen molar-refractivity contribution in [1.29, 1.82) is 0 Å². The van der Waals surface area contributed by atoms with Crippen molar-refractivity contribution in [3.8, 4) is 0 Å². The number of fused-ring (bicyclic) bond motifs is 1. The predicted octanol–water partition coefficient (Wildman–Crippen LogP) is 3.47. The number of aryl methyl sites for hydroxylation is 2. The molecule has 0 aliphatic heterocycles. The van der Waals surface area contributed by atoms with Crippen molar-refractivity contribution < 1.29 is 4.79 Å². The molecule has 0 atom stereocenters. The van der Waals surface area contributed by atoms with Crippen LogP contribution in [-0.4, -0.2) is 11.6 Å². The lowest BCUT2D eigenvalue weighted by atomic mass is 9.90. The van der Waals surface area contributed by atoms with Crippen LogP contribution < -0.4 is 5.43 Å². The fourth-order valence-corrected chi connectivity index (χ4v) is 2.69. The van der Waals surface area contributed by atoms with Gasteiger partial charge in [-0.15, -0.1) is 0 Å². The molecule has 0 saturated heterocycles. The van der Waals surface area contributed by atoms with Gasteiger partial charge in [-0.2, -0.15) is 5.10 Å². The molecule has 1 amide bonds. The van der Waals surface area contributed by atoms with Crippen molar-refractivity contribution in [2.24, 2.45) is 5.10 Å². The lowest BCUT2D eigenvalue weighted by Crippen LogP contribution is -2.22. The minimum absolute atomic E-state index is 0.158. The molecule has 3 heteroatoms. The molecular weight excluding hydrogens is 260 g/mol. The zero-order valence-electron chi connectivity index (χ0n) is 12.1. The maximum absolute atomic E-state index is 12.1. The van der Waals surface area contributed by atoms with Crippen molar-refractivity contribution in [3.05, 3.63) is 70.8 Å². The minimum atomic E-state index is -0.158. The summed E-state index contributed by atoms with van der Waals surface area (Å²) in [5, 5.41) is 4.35. The van der Waals surface area contributed by atoms with Crippen LogP contribution in [0, 0.1) is 6.92 Å². The molecule has 0 heterocycles. The molecule has 1 aliphatic rings. The largest absolute Gasteiger partial charge is 0.271 e. The Hall–Kier alpha value is -2.42. The second-order valence-corrected chi connectivity index (χ2v) is 5.38. The molecule has 2 aromatic rings. The Balaban J connectivity index is 1.79. The van der Waals surface area contributed by atoms with Crippen LogP contribution in [0.3, 0.4) is 0 Å². The predicted molar refractivity (Wildman–Crippen MR) is 84.6 cm³/mol. The molecule has 3 nitrogen and oxygen atoms in total. The van der Waals surface area contributed by atoms with Crippen molar-refractivity contribution in [2.75, 3.05) is 0 Å². The van der Waals surface area contributed by atoms with Crippen molar-refractivity contribution >= 4 is 11.6 Å². The van der Waals surface area contributed by atoms with E-state index in [-0.39, 0.29) is 5.91 Å². The molecule has 106 valence electrons. The van der Waals surface area contributed by atoms with E-state index in [1.807, 2.05) is 37.3 Å². The first-order valence-electron chi connectivity index (χ1n) is 7.26. The third-order valence-corrected chi connectivity index (χ3v) is 3.76. The average Bonchev–Trinajstić information content (AvgIpc) is 2.52. The summed E-state index contributed by atoms with van der Waals surface area (Å²) in [6.45, 7) is 1.97. The summed E-state index contributed by atoms with van der Waals surface area (Å²) in [6, 6.07) is 15.8. The first-order valence-corrected chi connectivity index (χ1v) is 7.26. The molecule has 0 saturated carbocycles. The molecule has 2 aromatic carbocycles. The van der Waals surface area contributed by atoms with Gasteiger partial charge < -0.3 is 0 Å². The zero-order chi connectivity index (χ0) is 14.7. The van der Waals surface area contributed by atoms with E-state index in [2.05, 4.69) is 22.7 Å². The van der Waals surface area contributed by atoms with Gasteiger partial charge in [-0.1, -0.05) is 42.0 Å². The topological polar surface area (TPSA) is 41.5 Å². The quantitative estimate of drug-likeness (QED) is 0.840. The summed E-state index contributed by atoms with van der Waals surface area (Å²) >= 11 is 0. The van der Waals surface area contributed by atoms with E-state index >= 15 is 0 Å². The second kappa shape index (κ2) is 5.92. The van der Waals surface area contributed by atoms with Gasteiger partial charge in [-0.05, 0) is 43.9 Å². The monoisotopic (exact) mass is 278 g/mol. The third kappa shape index (κ3) is 3.02. The van der Waals surface area contributed by atoms with Gasteiger partial charge in [0.15, 0.2) is 0 Å². The molecule has 0 unspecified atom stereocenters. The van der Waals surface area contributed by atoms with Crippen LogP contribution >= 0.6 is 0 Å². The van der Waals surface area contributed by atoms with E-state index in [9.17, 15) is 4.79 Å².